The van der Waals surface area contributed by atoms with Crippen molar-refractivity contribution in [2.45, 2.75) is 52.1 Å². The van der Waals surface area contributed by atoms with Crippen LogP contribution in [0.15, 0.2) is 18.2 Å². The van der Waals surface area contributed by atoms with Crippen LogP contribution in [0.4, 0.5) is 11.4 Å². The van der Waals surface area contributed by atoms with Crippen LogP contribution in [0.5, 0.6) is 5.75 Å². The standard InChI is InChI=1S/C18H27N3O4/c1-11-6-5-7-15(12(11)2)19-13(3)18(22)20-16-9-8-14(21(23)24)10-17(16)25-4/h8-13,15,19H,5-7H2,1-4H3,(H,20,22)/t11-,12+,13-,15+/m0/s1. The molecular formula is C18H27N3O4. The predicted molar refractivity (Wildman–Crippen MR) is 96.8 cm³/mol. The fourth-order valence-electron chi connectivity index (χ4n) is 3.35. The molecule has 7 nitrogen and oxygen atoms in total. The summed E-state index contributed by atoms with van der Waals surface area (Å²) in [5, 5.41) is 17.1. The van der Waals surface area contributed by atoms with E-state index in [9.17, 15) is 14.9 Å². The Bertz CT molecular complexity index is 635. The van der Waals surface area contributed by atoms with E-state index in [4.69, 9.17) is 4.74 Å². The summed E-state index contributed by atoms with van der Waals surface area (Å²) in [5.74, 6) is 1.26. The molecule has 1 amide bonds. The minimum absolute atomic E-state index is 0.0777. The van der Waals surface area contributed by atoms with Crippen LogP contribution in [0, 0.1) is 22.0 Å². The van der Waals surface area contributed by atoms with Gasteiger partial charge in [0.25, 0.3) is 5.69 Å². The molecule has 1 saturated carbocycles. The quantitative estimate of drug-likeness (QED) is 0.607. The van der Waals surface area contributed by atoms with Gasteiger partial charge >= 0.3 is 0 Å². The Morgan fingerprint density at radius 3 is 2.72 bits per heavy atom. The second-order valence-electron chi connectivity index (χ2n) is 6.89. The predicted octanol–water partition coefficient (Wildman–Crippen LogP) is 3.34. The molecule has 2 N–H and O–H groups in total. The summed E-state index contributed by atoms with van der Waals surface area (Å²) in [4.78, 5) is 22.8. The number of nitro groups is 1. The summed E-state index contributed by atoms with van der Waals surface area (Å²) in [7, 11) is 1.42. The first-order valence-corrected chi connectivity index (χ1v) is 8.72. The van der Waals surface area contributed by atoms with Crippen LogP contribution < -0.4 is 15.4 Å². The van der Waals surface area contributed by atoms with Gasteiger partial charge in [0.2, 0.25) is 5.91 Å². The number of nitro benzene ring substituents is 1. The van der Waals surface area contributed by atoms with Crippen molar-refractivity contribution < 1.29 is 14.5 Å². The largest absolute Gasteiger partial charge is 0.494 e. The molecule has 0 radical (unpaired) electrons. The SMILES string of the molecule is COc1cc([N+](=O)[O-])ccc1NC(=O)[C@H](C)N[C@@H]1CCC[C@H](C)[C@H]1C. The number of carbonyl (C=O) groups is 1. The lowest BCUT2D eigenvalue weighted by atomic mass is 9.78. The second kappa shape index (κ2) is 8.29. The van der Waals surface area contributed by atoms with Gasteiger partial charge in [-0.05, 0) is 31.2 Å². The monoisotopic (exact) mass is 349 g/mol. The Morgan fingerprint density at radius 2 is 2.08 bits per heavy atom. The molecule has 1 aromatic carbocycles. The molecule has 0 heterocycles. The van der Waals surface area contributed by atoms with Gasteiger partial charge in [-0.3, -0.25) is 14.9 Å². The maximum Gasteiger partial charge on any atom is 0.273 e. The third-order valence-electron chi connectivity index (χ3n) is 5.22. The fourth-order valence-corrected chi connectivity index (χ4v) is 3.35. The zero-order valence-corrected chi connectivity index (χ0v) is 15.2. The molecule has 138 valence electrons. The van der Waals surface area contributed by atoms with E-state index in [0.29, 0.717) is 23.6 Å². The van der Waals surface area contributed by atoms with E-state index in [-0.39, 0.29) is 23.4 Å². The van der Waals surface area contributed by atoms with Gasteiger partial charge in [-0.15, -0.1) is 0 Å². The van der Waals surface area contributed by atoms with Crippen molar-refractivity contribution in [3.8, 4) is 5.75 Å². The lowest BCUT2D eigenvalue weighted by Crippen LogP contribution is -2.49. The Kier molecular flexibility index (Phi) is 6.36. The molecule has 4 atom stereocenters. The van der Waals surface area contributed by atoms with Gasteiger partial charge in [0, 0.05) is 12.1 Å². The summed E-state index contributed by atoms with van der Waals surface area (Å²) in [6.45, 7) is 6.32. The molecule has 1 fully saturated rings. The van der Waals surface area contributed by atoms with Crippen molar-refractivity contribution in [1.29, 1.82) is 0 Å². The Balaban J connectivity index is 2.02. The van der Waals surface area contributed by atoms with Crippen molar-refractivity contribution in [3.05, 3.63) is 28.3 Å². The number of amides is 1. The van der Waals surface area contributed by atoms with Crippen molar-refractivity contribution >= 4 is 17.3 Å². The summed E-state index contributed by atoms with van der Waals surface area (Å²) >= 11 is 0. The highest BCUT2D eigenvalue weighted by atomic mass is 16.6. The summed E-state index contributed by atoms with van der Waals surface area (Å²) in [6.07, 6.45) is 3.48. The van der Waals surface area contributed by atoms with Crippen LogP contribution in [0.2, 0.25) is 0 Å². The third-order valence-corrected chi connectivity index (χ3v) is 5.22. The van der Waals surface area contributed by atoms with E-state index < -0.39 is 4.92 Å². The highest BCUT2D eigenvalue weighted by Gasteiger charge is 2.29. The van der Waals surface area contributed by atoms with Crippen molar-refractivity contribution in [3.63, 3.8) is 0 Å². The van der Waals surface area contributed by atoms with E-state index in [1.165, 1.54) is 38.2 Å². The minimum atomic E-state index is -0.496. The summed E-state index contributed by atoms with van der Waals surface area (Å²) in [6, 6.07) is 4.10. The molecular weight excluding hydrogens is 322 g/mol. The normalized spacial score (nSPS) is 24.4. The molecule has 0 aromatic heterocycles. The molecule has 0 aliphatic heterocycles. The lowest BCUT2D eigenvalue weighted by molar-refractivity contribution is -0.384. The van der Waals surface area contributed by atoms with Gasteiger partial charge in [-0.1, -0.05) is 26.7 Å². The van der Waals surface area contributed by atoms with Gasteiger partial charge in [0.05, 0.1) is 29.8 Å². The van der Waals surface area contributed by atoms with Crippen LogP contribution in [-0.2, 0) is 4.79 Å². The number of methoxy groups -OCH3 is 1. The number of rotatable bonds is 6. The molecule has 7 heteroatoms. The average Bonchev–Trinajstić information content (AvgIpc) is 2.58. The number of hydrogen-bond donors (Lipinski definition) is 2. The molecule has 0 unspecified atom stereocenters. The van der Waals surface area contributed by atoms with E-state index >= 15 is 0 Å². The highest BCUT2D eigenvalue weighted by molar-refractivity contribution is 5.96. The van der Waals surface area contributed by atoms with E-state index in [1.54, 1.807) is 0 Å². The second-order valence-corrected chi connectivity index (χ2v) is 6.89. The van der Waals surface area contributed by atoms with Gasteiger partial charge in [-0.2, -0.15) is 0 Å². The zero-order chi connectivity index (χ0) is 18.6. The first kappa shape index (κ1) is 19.2. The zero-order valence-electron chi connectivity index (χ0n) is 15.2. The maximum absolute atomic E-state index is 12.5. The molecule has 2 rings (SSSR count). The van der Waals surface area contributed by atoms with Gasteiger partial charge in [0.15, 0.2) is 0 Å². The average molecular weight is 349 g/mol. The number of non-ortho nitro benzene ring substituents is 1. The Morgan fingerprint density at radius 1 is 1.36 bits per heavy atom. The topological polar surface area (TPSA) is 93.5 Å². The number of anilines is 1. The number of nitrogens with one attached hydrogen (secondary N) is 2. The van der Waals surface area contributed by atoms with Crippen LogP contribution in [0.25, 0.3) is 0 Å². The van der Waals surface area contributed by atoms with Crippen molar-refractivity contribution in [2.75, 3.05) is 12.4 Å². The van der Waals surface area contributed by atoms with Crippen LogP contribution in [0.1, 0.15) is 40.0 Å². The number of ether oxygens (including phenoxy) is 1. The minimum Gasteiger partial charge on any atom is -0.494 e. The van der Waals surface area contributed by atoms with Gasteiger partial charge in [-0.25, -0.2) is 0 Å². The Labute approximate surface area is 148 Å². The highest BCUT2D eigenvalue weighted by Crippen LogP contribution is 2.31. The van der Waals surface area contributed by atoms with E-state index in [1.807, 2.05) is 6.92 Å². The van der Waals surface area contributed by atoms with E-state index in [2.05, 4.69) is 24.5 Å². The number of carbonyl (C=O) groups excluding carboxylic acids is 1. The van der Waals surface area contributed by atoms with Crippen LogP contribution >= 0.6 is 0 Å². The molecule has 25 heavy (non-hydrogen) atoms. The fraction of sp³-hybridized carbons (Fsp3) is 0.611. The molecule has 0 spiro atoms. The number of nitrogens with zero attached hydrogens (tertiary/aromatic N) is 1. The maximum atomic E-state index is 12.5. The van der Waals surface area contributed by atoms with Crippen LogP contribution in [-0.4, -0.2) is 30.0 Å². The summed E-state index contributed by atoms with van der Waals surface area (Å²) < 4.78 is 5.16. The number of benzene rings is 1. The van der Waals surface area contributed by atoms with E-state index in [0.717, 1.165) is 6.42 Å². The van der Waals surface area contributed by atoms with Crippen molar-refractivity contribution in [2.24, 2.45) is 11.8 Å². The number of hydrogen-bond acceptors (Lipinski definition) is 5. The lowest BCUT2D eigenvalue weighted by Gasteiger charge is -2.36. The first-order valence-electron chi connectivity index (χ1n) is 8.72. The smallest absolute Gasteiger partial charge is 0.273 e. The van der Waals surface area contributed by atoms with Crippen LogP contribution in [0.3, 0.4) is 0 Å². The molecule has 0 bridgehead atoms. The summed E-state index contributed by atoms with van der Waals surface area (Å²) in [5.41, 5.74) is 0.350. The van der Waals surface area contributed by atoms with Gasteiger partial charge < -0.3 is 15.4 Å². The molecule has 1 aromatic rings. The van der Waals surface area contributed by atoms with Crippen molar-refractivity contribution in [1.82, 2.24) is 5.32 Å². The molecule has 1 aliphatic rings. The first-order chi connectivity index (χ1) is 11.8. The third kappa shape index (κ3) is 4.69. The Hall–Kier alpha value is -2.15. The van der Waals surface area contributed by atoms with Gasteiger partial charge in [0.1, 0.15) is 5.75 Å². The molecule has 0 saturated heterocycles. The molecule has 1 aliphatic carbocycles.